The molecule has 0 aliphatic carbocycles. The van der Waals surface area contributed by atoms with Gasteiger partial charge in [0, 0.05) is 6.54 Å². The van der Waals surface area contributed by atoms with E-state index in [9.17, 15) is 0 Å². The maximum absolute atomic E-state index is 5.51. The van der Waals surface area contributed by atoms with Gasteiger partial charge in [-0.15, -0.1) is 0 Å². The molecule has 0 atom stereocenters. The minimum absolute atomic E-state index is 0.395. The summed E-state index contributed by atoms with van der Waals surface area (Å²) in [5.41, 5.74) is 7.18. The SMILES string of the molecule is Cc1occc1-c1nc(CN)c(C)o1. The van der Waals surface area contributed by atoms with Gasteiger partial charge in [-0.05, 0) is 19.9 Å². The quantitative estimate of drug-likeness (QED) is 0.790. The summed E-state index contributed by atoms with van der Waals surface area (Å²) in [4.78, 5) is 4.28. The fourth-order valence-electron chi connectivity index (χ4n) is 1.34. The van der Waals surface area contributed by atoms with Crippen LogP contribution in [-0.2, 0) is 6.54 Å². The largest absolute Gasteiger partial charge is 0.469 e. The highest BCUT2D eigenvalue weighted by Crippen LogP contribution is 2.25. The fraction of sp³-hybridized carbons (Fsp3) is 0.300. The number of hydrogen-bond acceptors (Lipinski definition) is 4. The Labute approximate surface area is 81.7 Å². The van der Waals surface area contributed by atoms with Crippen LogP contribution in [0.15, 0.2) is 21.2 Å². The van der Waals surface area contributed by atoms with Crippen molar-refractivity contribution in [3.63, 3.8) is 0 Å². The van der Waals surface area contributed by atoms with E-state index in [0.29, 0.717) is 12.4 Å². The van der Waals surface area contributed by atoms with Crippen LogP contribution in [0.5, 0.6) is 0 Å². The fourth-order valence-corrected chi connectivity index (χ4v) is 1.34. The van der Waals surface area contributed by atoms with Crippen molar-refractivity contribution in [3.05, 3.63) is 29.5 Å². The maximum Gasteiger partial charge on any atom is 0.230 e. The number of nitrogens with two attached hydrogens (primary N) is 1. The number of rotatable bonds is 2. The first kappa shape index (κ1) is 9.02. The second-order valence-corrected chi connectivity index (χ2v) is 3.12. The Morgan fingerprint density at radius 1 is 1.36 bits per heavy atom. The zero-order valence-corrected chi connectivity index (χ0v) is 8.20. The van der Waals surface area contributed by atoms with Crippen molar-refractivity contribution in [1.82, 2.24) is 4.98 Å². The van der Waals surface area contributed by atoms with Crippen LogP contribution in [0, 0.1) is 13.8 Å². The first-order valence-corrected chi connectivity index (χ1v) is 4.43. The topological polar surface area (TPSA) is 65.2 Å². The molecule has 2 aromatic rings. The molecule has 14 heavy (non-hydrogen) atoms. The van der Waals surface area contributed by atoms with E-state index in [0.717, 1.165) is 22.8 Å². The van der Waals surface area contributed by atoms with Crippen molar-refractivity contribution in [3.8, 4) is 11.5 Å². The highest BCUT2D eigenvalue weighted by atomic mass is 16.4. The van der Waals surface area contributed by atoms with Crippen LogP contribution >= 0.6 is 0 Å². The van der Waals surface area contributed by atoms with Gasteiger partial charge in [0.05, 0.1) is 17.5 Å². The lowest BCUT2D eigenvalue weighted by molar-refractivity contribution is 0.522. The van der Waals surface area contributed by atoms with E-state index in [1.165, 1.54) is 0 Å². The van der Waals surface area contributed by atoms with Crippen LogP contribution in [-0.4, -0.2) is 4.98 Å². The molecule has 0 bridgehead atoms. The van der Waals surface area contributed by atoms with Gasteiger partial charge in [0.15, 0.2) is 0 Å². The Morgan fingerprint density at radius 3 is 2.64 bits per heavy atom. The summed E-state index contributed by atoms with van der Waals surface area (Å²) in [6.45, 7) is 4.12. The summed E-state index contributed by atoms with van der Waals surface area (Å²) in [5.74, 6) is 2.15. The molecule has 0 saturated carbocycles. The van der Waals surface area contributed by atoms with Crippen LogP contribution in [0.25, 0.3) is 11.5 Å². The number of aromatic nitrogens is 1. The van der Waals surface area contributed by atoms with E-state index >= 15 is 0 Å². The summed E-state index contributed by atoms with van der Waals surface area (Å²) in [7, 11) is 0. The molecule has 2 N–H and O–H groups in total. The molecule has 0 aliphatic heterocycles. The Bertz CT molecular complexity index is 443. The van der Waals surface area contributed by atoms with Crippen molar-refractivity contribution in [2.45, 2.75) is 20.4 Å². The Morgan fingerprint density at radius 2 is 2.14 bits per heavy atom. The second kappa shape index (κ2) is 3.31. The summed E-state index contributed by atoms with van der Waals surface area (Å²) in [5, 5.41) is 0. The minimum Gasteiger partial charge on any atom is -0.469 e. The van der Waals surface area contributed by atoms with Crippen LogP contribution in [0.3, 0.4) is 0 Å². The molecule has 2 aromatic heterocycles. The molecule has 2 heterocycles. The average molecular weight is 192 g/mol. The number of furan rings is 1. The van der Waals surface area contributed by atoms with E-state index in [-0.39, 0.29) is 0 Å². The van der Waals surface area contributed by atoms with Gasteiger partial charge < -0.3 is 14.6 Å². The lowest BCUT2D eigenvalue weighted by atomic mass is 10.2. The molecule has 0 amide bonds. The predicted octanol–water partition coefficient (Wildman–Crippen LogP) is 2.01. The molecule has 0 radical (unpaired) electrons. The standard InChI is InChI=1S/C10H12N2O2/c1-6-8(3-4-13-6)10-12-9(5-11)7(2)14-10/h3-4H,5,11H2,1-2H3. The molecular formula is C10H12N2O2. The van der Waals surface area contributed by atoms with Crippen LogP contribution in [0.1, 0.15) is 17.2 Å². The lowest BCUT2D eigenvalue weighted by Gasteiger charge is -1.89. The number of nitrogens with zero attached hydrogens (tertiary/aromatic N) is 1. The van der Waals surface area contributed by atoms with Crippen molar-refractivity contribution in [2.24, 2.45) is 5.73 Å². The zero-order valence-electron chi connectivity index (χ0n) is 8.20. The van der Waals surface area contributed by atoms with Crippen molar-refractivity contribution in [2.75, 3.05) is 0 Å². The third kappa shape index (κ3) is 1.33. The minimum atomic E-state index is 0.395. The monoisotopic (exact) mass is 192 g/mol. The molecule has 0 aromatic carbocycles. The Hall–Kier alpha value is -1.55. The molecule has 2 rings (SSSR count). The van der Waals surface area contributed by atoms with Gasteiger partial charge in [0.25, 0.3) is 0 Å². The molecule has 0 spiro atoms. The van der Waals surface area contributed by atoms with Crippen LogP contribution in [0.2, 0.25) is 0 Å². The van der Waals surface area contributed by atoms with Crippen molar-refractivity contribution in [1.29, 1.82) is 0 Å². The Balaban J connectivity index is 2.47. The summed E-state index contributed by atoms with van der Waals surface area (Å²) >= 11 is 0. The summed E-state index contributed by atoms with van der Waals surface area (Å²) in [6, 6.07) is 1.83. The third-order valence-corrected chi connectivity index (χ3v) is 2.18. The molecule has 0 fully saturated rings. The van der Waals surface area contributed by atoms with E-state index in [4.69, 9.17) is 14.6 Å². The van der Waals surface area contributed by atoms with Crippen LogP contribution < -0.4 is 5.73 Å². The summed E-state index contributed by atoms with van der Waals surface area (Å²) < 4.78 is 10.7. The zero-order chi connectivity index (χ0) is 10.1. The third-order valence-electron chi connectivity index (χ3n) is 2.18. The molecule has 74 valence electrons. The van der Waals surface area contributed by atoms with Crippen molar-refractivity contribution < 1.29 is 8.83 Å². The van der Waals surface area contributed by atoms with Gasteiger partial charge in [-0.1, -0.05) is 0 Å². The second-order valence-electron chi connectivity index (χ2n) is 3.12. The number of hydrogen-bond donors (Lipinski definition) is 1. The van der Waals surface area contributed by atoms with E-state index < -0.39 is 0 Å². The molecule has 0 saturated heterocycles. The molecule has 4 nitrogen and oxygen atoms in total. The van der Waals surface area contributed by atoms with Gasteiger partial charge in [0.1, 0.15) is 11.5 Å². The molecular weight excluding hydrogens is 180 g/mol. The lowest BCUT2D eigenvalue weighted by Crippen LogP contribution is -1.97. The number of oxazole rings is 1. The first-order chi connectivity index (χ1) is 6.72. The van der Waals surface area contributed by atoms with E-state index in [1.807, 2.05) is 19.9 Å². The van der Waals surface area contributed by atoms with Crippen LogP contribution in [0.4, 0.5) is 0 Å². The van der Waals surface area contributed by atoms with Gasteiger partial charge in [0.2, 0.25) is 5.89 Å². The van der Waals surface area contributed by atoms with Gasteiger partial charge in [-0.2, -0.15) is 0 Å². The van der Waals surface area contributed by atoms with Gasteiger partial charge >= 0.3 is 0 Å². The highest BCUT2D eigenvalue weighted by molar-refractivity contribution is 5.55. The van der Waals surface area contributed by atoms with Gasteiger partial charge in [-0.25, -0.2) is 4.98 Å². The Kier molecular flexibility index (Phi) is 2.13. The van der Waals surface area contributed by atoms with E-state index in [2.05, 4.69) is 4.98 Å². The molecule has 0 unspecified atom stereocenters. The molecule has 0 aliphatic rings. The highest BCUT2D eigenvalue weighted by Gasteiger charge is 2.13. The number of aryl methyl sites for hydroxylation is 2. The predicted molar refractivity (Wildman–Crippen MR) is 51.6 cm³/mol. The summed E-state index contributed by atoms with van der Waals surface area (Å²) in [6.07, 6.45) is 1.62. The normalized spacial score (nSPS) is 10.8. The smallest absolute Gasteiger partial charge is 0.230 e. The first-order valence-electron chi connectivity index (χ1n) is 4.43. The average Bonchev–Trinajstić information content (AvgIpc) is 2.71. The van der Waals surface area contributed by atoms with E-state index in [1.54, 1.807) is 6.26 Å². The van der Waals surface area contributed by atoms with Gasteiger partial charge in [-0.3, -0.25) is 0 Å². The molecule has 4 heteroatoms. The maximum atomic E-state index is 5.51. The van der Waals surface area contributed by atoms with Crippen molar-refractivity contribution >= 4 is 0 Å².